The van der Waals surface area contributed by atoms with Gasteiger partial charge in [-0.3, -0.25) is 4.79 Å². The van der Waals surface area contributed by atoms with E-state index in [-0.39, 0.29) is 5.56 Å². The molecule has 1 aromatic rings. The summed E-state index contributed by atoms with van der Waals surface area (Å²) in [6.07, 6.45) is -6.79. The van der Waals surface area contributed by atoms with Gasteiger partial charge in [0.2, 0.25) is 0 Å². The molecule has 0 heterocycles. The zero-order valence-corrected chi connectivity index (χ0v) is 12.3. The average molecular weight is 360 g/mol. The number of nitrogens with zero attached hydrogens (tertiary/aromatic N) is 1. The van der Waals surface area contributed by atoms with Crippen LogP contribution < -0.4 is 5.73 Å². The molecule has 5 nitrogen and oxygen atoms in total. The molecule has 0 aliphatic heterocycles. The highest BCUT2D eigenvalue weighted by atomic mass is 32.2. The Morgan fingerprint density at radius 3 is 2.17 bits per heavy atom. The molecule has 0 spiro atoms. The van der Waals surface area contributed by atoms with Gasteiger partial charge in [-0.2, -0.15) is 13.2 Å². The molecule has 1 aromatic carbocycles. The van der Waals surface area contributed by atoms with Crippen molar-refractivity contribution in [2.75, 3.05) is 12.7 Å². The number of amides is 1. The minimum Gasteiger partial charge on any atom is -0.387 e. The Bertz CT molecular complexity index is 668. The maximum atomic E-state index is 12.9. The van der Waals surface area contributed by atoms with Crippen LogP contribution in [0, 0.1) is 0 Å². The summed E-state index contributed by atoms with van der Waals surface area (Å²) in [5.74, 6) is -2.66. The van der Waals surface area contributed by atoms with Gasteiger partial charge in [0.25, 0.3) is 0 Å². The van der Waals surface area contributed by atoms with Crippen LogP contribution in [0.5, 0.6) is 0 Å². The number of aliphatic hydroxyl groups excluding tert-OH is 1. The van der Waals surface area contributed by atoms with Crippen LogP contribution in [0.2, 0.25) is 0 Å². The topological polar surface area (TPSA) is 92.8 Å². The summed E-state index contributed by atoms with van der Waals surface area (Å²) in [5, 5.41) is 9.66. The largest absolute Gasteiger partial charge is 0.474 e. The van der Waals surface area contributed by atoms with Crippen molar-refractivity contribution in [3.05, 3.63) is 29.8 Å². The number of halogens is 5. The van der Waals surface area contributed by atoms with Crippen molar-refractivity contribution >= 4 is 15.6 Å². The molecule has 3 N–H and O–H groups in total. The van der Waals surface area contributed by atoms with E-state index < -0.39 is 51.5 Å². The van der Waals surface area contributed by atoms with Gasteiger partial charge in [0.1, 0.15) is 16.4 Å². The lowest BCUT2D eigenvalue weighted by molar-refractivity contribution is -0.169. The van der Waals surface area contributed by atoms with Gasteiger partial charge in [-0.05, 0) is 17.7 Å². The van der Waals surface area contributed by atoms with E-state index >= 15 is 0 Å². The third-order valence-corrected chi connectivity index (χ3v) is 4.56. The molecule has 130 valence electrons. The van der Waals surface area contributed by atoms with Crippen LogP contribution >= 0.6 is 0 Å². The monoisotopic (exact) mass is 360 g/mol. The van der Waals surface area contributed by atoms with Gasteiger partial charge in [-0.1, -0.05) is 12.1 Å². The van der Waals surface area contributed by atoms with Gasteiger partial charge in [0.05, 0.1) is 17.0 Å². The van der Waals surface area contributed by atoms with Gasteiger partial charge in [-0.15, -0.1) is 4.36 Å². The van der Waals surface area contributed by atoms with Gasteiger partial charge in [0, 0.05) is 0 Å². The smallest absolute Gasteiger partial charge is 0.387 e. The summed E-state index contributed by atoms with van der Waals surface area (Å²) in [4.78, 5) is 10.3. The number of aliphatic hydroxyl groups is 1. The molecule has 1 unspecified atom stereocenters. The highest BCUT2D eigenvalue weighted by Gasteiger charge is 2.40. The first-order valence-corrected chi connectivity index (χ1v) is 7.75. The van der Waals surface area contributed by atoms with Crippen molar-refractivity contribution in [1.82, 2.24) is 0 Å². The Hall–Kier alpha value is -1.59. The standard InChI is InChI=1S/C12H13F5N2O3S/c13-5-9(18)10(20)7-1-3-8(4-2-7)23(22,6-14)19-11(21)12(15,16)17/h1-4,9-10,20H,5-6,18H2/t9-,10+,23?/m0/s1. The van der Waals surface area contributed by atoms with E-state index in [1.807, 2.05) is 0 Å². The maximum Gasteiger partial charge on any atom is 0.474 e. The second-order valence-electron chi connectivity index (χ2n) is 4.48. The minimum atomic E-state index is -5.37. The normalized spacial score (nSPS) is 17.2. The number of rotatable bonds is 5. The lowest BCUT2D eigenvalue weighted by Crippen LogP contribution is -2.30. The Morgan fingerprint density at radius 1 is 1.26 bits per heavy atom. The van der Waals surface area contributed by atoms with Gasteiger partial charge >= 0.3 is 12.1 Å². The molecule has 0 aliphatic carbocycles. The molecule has 0 fully saturated rings. The summed E-state index contributed by atoms with van der Waals surface area (Å²) < 4.78 is 76.2. The zero-order chi connectivity index (χ0) is 17.8. The van der Waals surface area contributed by atoms with Crippen LogP contribution in [-0.2, 0) is 14.5 Å². The average Bonchev–Trinajstić information content (AvgIpc) is 2.52. The molecule has 0 radical (unpaired) electrons. The van der Waals surface area contributed by atoms with Crippen LogP contribution in [0.1, 0.15) is 11.7 Å². The van der Waals surface area contributed by atoms with E-state index in [4.69, 9.17) is 5.73 Å². The van der Waals surface area contributed by atoms with E-state index in [1.165, 1.54) is 0 Å². The molecular weight excluding hydrogens is 347 g/mol. The highest BCUT2D eigenvalue weighted by Crippen LogP contribution is 2.23. The molecule has 0 saturated heterocycles. The fourth-order valence-electron chi connectivity index (χ4n) is 1.54. The molecule has 23 heavy (non-hydrogen) atoms. The molecule has 11 heteroatoms. The number of carbonyl (C=O) groups excluding carboxylic acids is 1. The number of alkyl halides is 5. The number of nitrogens with two attached hydrogens (primary N) is 1. The van der Waals surface area contributed by atoms with Crippen LogP contribution in [0.25, 0.3) is 0 Å². The van der Waals surface area contributed by atoms with Crippen molar-refractivity contribution in [3.8, 4) is 0 Å². The third kappa shape index (κ3) is 4.69. The molecular formula is C12H13F5N2O3S. The first-order chi connectivity index (χ1) is 10.5. The summed E-state index contributed by atoms with van der Waals surface area (Å²) in [7, 11) is -4.25. The fourth-order valence-corrected chi connectivity index (χ4v) is 2.75. The first-order valence-electron chi connectivity index (χ1n) is 6.06. The molecule has 0 aliphatic rings. The Kier molecular flexibility index (Phi) is 6.19. The Balaban J connectivity index is 3.21. The fraction of sp³-hybridized carbons (Fsp3) is 0.417. The van der Waals surface area contributed by atoms with Gasteiger partial charge < -0.3 is 10.8 Å². The molecule has 1 rings (SSSR count). The lowest BCUT2D eigenvalue weighted by atomic mass is 10.0. The van der Waals surface area contributed by atoms with Gasteiger partial charge in [0.15, 0.2) is 6.01 Å². The molecule has 0 saturated carbocycles. The van der Waals surface area contributed by atoms with Crippen molar-refractivity contribution < 1.29 is 36.1 Å². The quantitative estimate of drug-likeness (QED) is 0.784. The third-order valence-electron chi connectivity index (χ3n) is 2.79. The van der Waals surface area contributed by atoms with E-state index in [0.29, 0.717) is 0 Å². The maximum absolute atomic E-state index is 12.9. The predicted molar refractivity (Wildman–Crippen MR) is 71.2 cm³/mol. The van der Waals surface area contributed by atoms with Crippen molar-refractivity contribution in [1.29, 1.82) is 0 Å². The Labute approximate surface area is 128 Å². The number of carbonyl (C=O) groups is 1. The van der Waals surface area contributed by atoms with Gasteiger partial charge in [-0.25, -0.2) is 13.0 Å². The zero-order valence-electron chi connectivity index (χ0n) is 11.5. The SMILES string of the molecule is N[C@@H](CF)[C@H](O)c1ccc(S(=O)(CF)=NC(=O)C(F)(F)F)cc1. The second kappa shape index (κ2) is 7.32. The summed E-state index contributed by atoms with van der Waals surface area (Å²) in [5.41, 5.74) is 5.37. The second-order valence-corrected chi connectivity index (χ2v) is 6.63. The molecule has 1 amide bonds. The number of benzene rings is 1. The lowest BCUT2D eigenvalue weighted by Gasteiger charge is -2.16. The van der Waals surface area contributed by atoms with Crippen molar-refractivity contribution in [3.63, 3.8) is 0 Å². The predicted octanol–water partition coefficient (Wildman–Crippen LogP) is 1.86. The van der Waals surface area contributed by atoms with Crippen LogP contribution in [0.4, 0.5) is 22.0 Å². The van der Waals surface area contributed by atoms with E-state index in [9.17, 15) is 36.1 Å². The highest BCUT2D eigenvalue weighted by molar-refractivity contribution is 7.93. The summed E-state index contributed by atoms with van der Waals surface area (Å²) in [6, 6.07) is 0.984. The minimum absolute atomic E-state index is 0.0849. The molecule has 0 aromatic heterocycles. The van der Waals surface area contributed by atoms with Crippen LogP contribution in [-0.4, -0.2) is 40.1 Å². The summed E-state index contributed by atoms with van der Waals surface area (Å²) in [6.45, 7) is -1.03. The van der Waals surface area contributed by atoms with Crippen molar-refractivity contribution in [2.45, 2.75) is 23.2 Å². The summed E-state index contributed by atoms with van der Waals surface area (Å²) >= 11 is 0. The number of hydrogen-bond acceptors (Lipinski definition) is 4. The van der Waals surface area contributed by atoms with E-state index in [1.54, 1.807) is 0 Å². The molecule has 3 atom stereocenters. The number of hydrogen-bond donors (Lipinski definition) is 2. The van der Waals surface area contributed by atoms with Crippen molar-refractivity contribution in [2.24, 2.45) is 10.1 Å². The van der Waals surface area contributed by atoms with E-state index in [2.05, 4.69) is 4.36 Å². The van der Waals surface area contributed by atoms with Crippen LogP contribution in [0.3, 0.4) is 0 Å². The van der Waals surface area contributed by atoms with Crippen LogP contribution in [0.15, 0.2) is 33.5 Å². The van der Waals surface area contributed by atoms with E-state index in [0.717, 1.165) is 24.3 Å². The molecule has 0 bridgehead atoms. The first kappa shape index (κ1) is 19.5. The Morgan fingerprint density at radius 2 is 1.78 bits per heavy atom.